The van der Waals surface area contributed by atoms with Gasteiger partial charge in [0, 0.05) is 51.3 Å². The largest absolute Gasteiger partial charge is 0.475 e. The lowest BCUT2D eigenvalue weighted by Gasteiger charge is -2.35. The van der Waals surface area contributed by atoms with Crippen LogP contribution in [0.1, 0.15) is 61.3 Å². The average Bonchev–Trinajstić information content (AvgIpc) is 3.06. The zero-order valence-electron chi connectivity index (χ0n) is 30.5. The molecule has 0 fully saturated rings. The summed E-state index contributed by atoms with van der Waals surface area (Å²) in [4.78, 5) is 49.7. The maximum atomic E-state index is 14.5. The van der Waals surface area contributed by atoms with Gasteiger partial charge in [0.2, 0.25) is 17.7 Å². The molecule has 4 aromatic rings. The molecule has 1 atom stereocenters. The Morgan fingerprint density at radius 3 is 2.39 bits per heavy atom. The van der Waals surface area contributed by atoms with Crippen molar-refractivity contribution < 1.29 is 22.7 Å². The summed E-state index contributed by atoms with van der Waals surface area (Å²) in [6.07, 6.45) is 3.79. The molecule has 1 N–H and O–H groups in total. The SMILES string of the molecule is CC(=O)N(C)CCN(C)c1cncc(CN2C(=O)c3cccc(c3)S(=O)(=O)Nc3nc(cc(-c4c(C)cccc4C)n3)OC[C@H]2CC(C)(C)C)n1. The van der Waals surface area contributed by atoms with Crippen molar-refractivity contribution in [3.63, 3.8) is 0 Å². The number of nitrogens with zero attached hydrogens (tertiary/aromatic N) is 7. The first-order valence-electron chi connectivity index (χ1n) is 16.8. The third kappa shape index (κ3) is 9.17. The lowest BCUT2D eigenvalue weighted by Crippen LogP contribution is -2.45. The summed E-state index contributed by atoms with van der Waals surface area (Å²) in [5.74, 6) is 0.180. The lowest BCUT2D eigenvalue weighted by atomic mass is 9.87. The van der Waals surface area contributed by atoms with Crippen molar-refractivity contribution in [3.05, 3.63) is 83.3 Å². The summed E-state index contributed by atoms with van der Waals surface area (Å²) < 4.78 is 36.3. The number of carbonyl (C=O) groups is 2. The molecule has 3 heterocycles. The molecule has 0 saturated carbocycles. The lowest BCUT2D eigenvalue weighted by molar-refractivity contribution is -0.127. The molecule has 0 aliphatic carbocycles. The average molecular weight is 715 g/mol. The van der Waals surface area contributed by atoms with E-state index in [9.17, 15) is 18.0 Å². The third-order valence-corrected chi connectivity index (χ3v) is 10.1. The minimum Gasteiger partial charge on any atom is -0.475 e. The zero-order valence-corrected chi connectivity index (χ0v) is 31.3. The fourth-order valence-electron chi connectivity index (χ4n) is 5.95. The van der Waals surface area contributed by atoms with Gasteiger partial charge in [0.05, 0.1) is 41.3 Å². The first kappa shape index (κ1) is 37.2. The number of sulfonamides is 1. The Labute approximate surface area is 300 Å². The predicted octanol–water partition coefficient (Wildman–Crippen LogP) is 5.11. The number of aromatic nitrogens is 4. The summed E-state index contributed by atoms with van der Waals surface area (Å²) in [6, 6.07) is 13.0. The van der Waals surface area contributed by atoms with Gasteiger partial charge in [-0.1, -0.05) is 45.0 Å². The number of hydrogen-bond donors (Lipinski definition) is 1. The molecule has 0 radical (unpaired) electrons. The molecule has 5 rings (SSSR count). The van der Waals surface area contributed by atoms with Crippen LogP contribution in [0.25, 0.3) is 11.3 Å². The monoisotopic (exact) mass is 714 g/mol. The second-order valence-corrected chi connectivity index (χ2v) is 15.9. The van der Waals surface area contributed by atoms with Crippen LogP contribution in [0.3, 0.4) is 0 Å². The van der Waals surface area contributed by atoms with E-state index in [0.717, 1.165) is 16.7 Å². The Morgan fingerprint density at radius 1 is 1.00 bits per heavy atom. The first-order chi connectivity index (χ1) is 24.0. The van der Waals surface area contributed by atoms with Crippen molar-refractivity contribution in [2.24, 2.45) is 5.41 Å². The summed E-state index contributed by atoms with van der Waals surface area (Å²) in [7, 11) is -0.600. The van der Waals surface area contributed by atoms with Gasteiger partial charge in [-0.25, -0.2) is 23.1 Å². The van der Waals surface area contributed by atoms with Crippen LogP contribution in [0.4, 0.5) is 11.8 Å². The van der Waals surface area contributed by atoms with E-state index in [1.807, 2.05) is 44.0 Å². The number of carbonyl (C=O) groups excluding carboxylic acids is 2. The highest BCUT2D eigenvalue weighted by Crippen LogP contribution is 2.32. The minimum absolute atomic E-state index is 0.0350. The Balaban J connectivity index is 1.59. The van der Waals surface area contributed by atoms with E-state index < -0.39 is 16.1 Å². The van der Waals surface area contributed by atoms with Crippen LogP contribution in [0.15, 0.2) is 65.8 Å². The highest BCUT2D eigenvalue weighted by molar-refractivity contribution is 7.92. The van der Waals surface area contributed by atoms with Gasteiger partial charge in [0.15, 0.2) is 0 Å². The number of ether oxygens (including phenoxy) is 1. The zero-order chi connectivity index (χ0) is 37.1. The van der Waals surface area contributed by atoms with Crippen LogP contribution < -0.4 is 14.4 Å². The molecule has 0 saturated heterocycles. The molecule has 1 aliphatic heterocycles. The van der Waals surface area contributed by atoms with Crippen LogP contribution in [0.2, 0.25) is 0 Å². The van der Waals surface area contributed by atoms with Crippen LogP contribution in [-0.4, -0.2) is 89.8 Å². The van der Waals surface area contributed by atoms with E-state index in [4.69, 9.17) is 9.72 Å². The molecule has 51 heavy (non-hydrogen) atoms. The Bertz CT molecular complexity index is 2010. The highest BCUT2D eigenvalue weighted by atomic mass is 32.2. The van der Waals surface area contributed by atoms with Gasteiger partial charge in [0.1, 0.15) is 12.4 Å². The Hall–Kier alpha value is -5.11. The predicted molar refractivity (Wildman–Crippen MR) is 196 cm³/mol. The molecular formula is C37H46N8O5S. The molecule has 2 amide bonds. The fraction of sp³-hybridized carbons (Fsp3) is 0.405. The number of hydrogen-bond acceptors (Lipinski definition) is 10. The van der Waals surface area contributed by atoms with Crippen LogP contribution >= 0.6 is 0 Å². The van der Waals surface area contributed by atoms with E-state index in [1.54, 1.807) is 47.4 Å². The molecule has 0 unspecified atom stereocenters. The number of aryl methyl sites for hydroxylation is 2. The number of benzene rings is 2. The molecule has 13 nitrogen and oxygen atoms in total. The van der Waals surface area contributed by atoms with Crippen molar-refractivity contribution in [2.75, 3.05) is 43.4 Å². The van der Waals surface area contributed by atoms with Crippen molar-refractivity contribution in [1.29, 1.82) is 0 Å². The highest BCUT2D eigenvalue weighted by Gasteiger charge is 2.32. The van der Waals surface area contributed by atoms with Crippen molar-refractivity contribution in [1.82, 2.24) is 29.7 Å². The van der Waals surface area contributed by atoms with Gasteiger partial charge in [-0.3, -0.25) is 14.6 Å². The van der Waals surface area contributed by atoms with E-state index in [2.05, 4.69) is 40.4 Å². The van der Waals surface area contributed by atoms with Crippen molar-refractivity contribution in [2.45, 2.75) is 65.4 Å². The van der Waals surface area contributed by atoms with Gasteiger partial charge in [-0.2, -0.15) is 4.98 Å². The maximum absolute atomic E-state index is 14.5. The molecule has 4 bridgehead atoms. The van der Waals surface area contributed by atoms with Crippen LogP contribution in [0.5, 0.6) is 5.88 Å². The molecule has 0 spiro atoms. The van der Waals surface area contributed by atoms with Gasteiger partial charge >= 0.3 is 0 Å². The first-order valence-corrected chi connectivity index (χ1v) is 18.2. The van der Waals surface area contributed by atoms with E-state index in [-0.39, 0.29) is 52.7 Å². The third-order valence-electron chi connectivity index (χ3n) is 8.73. The summed E-state index contributed by atoms with van der Waals surface area (Å²) in [6.45, 7) is 12.9. The molecule has 14 heteroatoms. The number of nitrogens with one attached hydrogen (secondary N) is 1. The summed E-state index contributed by atoms with van der Waals surface area (Å²) in [5.41, 5.74) is 3.75. The molecule has 1 aliphatic rings. The van der Waals surface area contributed by atoms with Gasteiger partial charge in [-0.05, 0) is 55.0 Å². The maximum Gasteiger partial charge on any atom is 0.264 e. The minimum atomic E-state index is -4.21. The van der Waals surface area contributed by atoms with Gasteiger partial charge < -0.3 is 19.4 Å². The quantitative estimate of drug-likeness (QED) is 0.261. The Morgan fingerprint density at radius 2 is 1.71 bits per heavy atom. The molecule has 270 valence electrons. The standard InChI is InChI=1S/C37H46N8O5S/c1-24-11-9-12-25(2)34(24)31-18-33-41-36(40-31)42-51(48,49)30-14-10-13-27(17-30)35(47)45(29(23-50-33)19-37(4,5)6)22-28-20-38-21-32(39-28)44(8)16-15-43(7)26(3)46/h9-14,17-18,20-21,29H,15-16,19,22-23H2,1-8H3,(H,40,41,42)/t29-/m1/s1. The number of fused-ring (bicyclic) bond motifs is 4. The number of amides is 2. The van der Waals surface area contributed by atoms with Crippen molar-refractivity contribution in [3.8, 4) is 17.1 Å². The Kier molecular flexibility index (Phi) is 10.9. The normalized spacial score (nSPS) is 15.8. The molecular weight excluding hydrogens is 669 g/mol. The topological polar surface area (TPSA) is 151 Å². The van der Waals surface area contributed by atoms with Crippen molar-refractivity contribution >= 4 is 33.6 Å². The summed E-state index contributed by atoms with van der Waals surface area (Å²) >= 11 is 0. The number of rotatable bonds is 8. The van der Waals surface area contributed by atoms with Crippen LogP contribution in [0, 0.1) is 19.3 Å². The summed E-state index contributed by atoms with van der Waals surface area (Å²) in [5, 5.41) is 0. The van der Waals surface area contributed by atoms with E-state index in [1.165, 1.54) is 19.1 Å². The second kappa shape index (κ2) is 15.0. The molecule has 2 aromatic heterocycles. The smallest absolute Gasteiger partial charge is 0.264 e. The van der Waals surface area contributed by atoms with Crippen LogP contribution in [-0.2, 0) is 21.4 Å². The van der Waals surface area contributed by atoms with Gasteiger partial charge in [-0.15, -0.1) is 0 Å². The fourth-order valence-corrected chi connectivity index (χ4v) is 6.94. The second-order valence-electron chi connectivity index (χ2n) is 14.2. The van der Waals surface area contributed by atoms with E-state index in [0.29, 0.717) is 36.7 Å². The molecule has 2 aromatic carbocycles. The number of likely N-dealkylation sites (N-methyl/N-ethyl adjacent to an activating group) is 2. The van der Waals surface area contributed by atoms with E-state index >= 15 is 0 Å². The number of anilines is 2. The van der Waals surface area contributed by atoms with Gasteiger partial charge in [0.25, 0.3) is 15.9 Å².